The normalized spacial score (nSPS) is 14.8. The number of fused-ring (bicyclic) bond motifs is 8. The van der Waals surface area contributed by atoms with Gasteiger partial charge in [0.05, 0.1) is 16.8 Å². The van der Waals surface area contributed by atoms with Crippen molar-refractivity contribution in [2.45, 2.75) is 13.5 Å². The van der Waals surface area contributed by atoms with Gasteiger partial charge in [-0.2, -0.15) is 4.57 Å². The largest absolute Gasteiger partial charge is 0.427 e. The molecule has 29 heavy (non-hydrogen) atoms. The first-order valence-electron chi connectivity index (χ1n) is 10.3. The van der Waals surface area contributed by atoms with E-state index in [-0.39, 0.29) is 6.98 Å². The standard InChI is InChI=1S/C25H17BN3/c1-15-12-16-14-27-11-5-8-19-25(27)23(16)22(13-15)28-21-10-4-7-18-17-6-2-3-9-20(17)29(24(18)21)26(19)28/h2-13H,14H2,1H3/q+1. The minimum Gasteiger partial charge on any atom is -0.359 e. The summed E-state index contributed by atoms with van der Waals surface area (Å²) in [4.78, 5) is 2.58. The van der Waals surface area contributed by atoms with Crippen molar-refractivity contribution < 1.29 is 4.57 Å². The van der Waals surface area contributed by atoms with Gasteiger partial charge in [-0.3, -0.25) is 0 Å². The van der Waals surface area contributed by atoms with Gasteiger partial charge < -0.3 is 9.29 Å². The second-order valence-electron chi connectivity index (χ2n) is 8.56. The molecule has 3 aromatic carbocycles. The van der Waals surface area contributed by atoms with Gasteiger partial charge >= 0.3 is 6.98 Å². The van der Waals surface area contributed by atoms with E-state index in [2.05, 4.69) is 93.7 Å². The van der Waals surface area contributed by atoms with Crippen LogP contribution < -0.4 is 14.8 Å². The smallest absolute Gasteiger partial charge is 0.359 e. The molecule has 0 bridgehead atoms. The SMILES string of the molecule is Cc1cc2c3c(c1)N1B(c4ccc[n+](c4-3)C2)n2c3ccccc3c3cccc1c32. The van der Waals surface area contributed by atoms with Gasteiger partial charge in [0.2, 0.25) is 5.69 Å². The number of anilines is 2. The quantitative estimate of drug-likeness (QED) is 0.289. The molecule has 3 nitrogen and oxygen atoms in total. The topological polar surface area (TPSA) is 12.1 Å². The van der Waals surface area contributed by atoms with E-state index in [0.717, 1.165) is 6.54 Å². The first-order valence-corrected chi connectivity index (χ1v) is 10.3. The zero-order valence-electron chi connectivity index (χ0n) is 16.1. The number of para-hydroxylation sites is 2. The molecule has 2 aromatic heterocycles. The molecule has 4 heteroatoms. The van der Waals surface area contributed by atoms with Crippen molar-refractivity contribution in [3.05, 3.63) is 84.1 Å². The summed E-state index contributed by atoms with van der Waals surface area (Å²) in [6.07, 6.45) is 2.24. The van der Waals surface area contributed by atoms with Crippen LogP contribution in [0.15, 0.2) is 72.9 Å². The molecule has 3 aliphatic heterocycles. The zero-order valence-corrected chi connectivity index (χ0v) is 16.1. The Hall–Kier alpha value is -3.53. The minimum absolute atomic E-state index is 0.164. The summed E-state index contributed by atoms with van der Waals surface area (Å²) in [5.41, 5.74) is 12.4. The molecule has 134 valence electrons. The molecule has 0 spiro atoms. The van der Waals surface area contributed by atoms with E-state index in [0.29, 0.717) is 0 Å². The lowest BCUT2D eigenvalue weighted by molar-refractivity contribution is -0.671. The van der Waals surface area contributed by atoms with Gasteiger partial charge in [-0.25, -0.2) is 0 Å². The maximum absolute atomic E-state index is 2.58. The average molecular weight is 370 g/mol. The molecule has 0 radical (unpaired) electrons. The van der Waals surface area contributed by atoms with Crippen LogP contribution in [-0.2, 0) is 6.54 Å². The number of rotatable bonds is 0. The summed E-state index contributed by atoms with van der Waals surface area (Å²) in [7, 11) is 0. The highest BCUT2D eigenvalue weighted by Gasteiger charge is 2.50. The number of aromatic nitrogens is 2. The minimum atomic E-state index is 0.164. The van der Waals surface area contributed by atoms with Crippen LogP contribution in [0, 0.1) is 6.92 Å². The molecule has 5 aromatic rings. The molecule has 0 fully saturated rings. The maximum Gasteiger partial charge on any atom is 0.427 e. The van der Waals surface area contributed by atoms with E-state index in [1.165, 1.54) is 61.0 Å². The predicted octanol–water partition coefficient (Wildman–Crippen LogP) is 4.13. The van der Waals surface area contributed by atoms with Gasteiger partial charge in [0.1, 0.15) is 0 Å². The Morgan fingerprint density at radius 3 is 2.76 bits per heavy atom. The fraction of sp³-hybridized carbons (Fsp3) is 0.0800. The van der Waals surface area contributed by atoms with Gasteiger partial charge in [0.15, 0.2) is 12.7 Å². The van der Waals surface area contributed by atoms with Crippen LogP contribution in [0.2, 0.25) is 0 Å². The Balaban J connectivity index is 1.61. The lowest BCUT2D eigenvalue weighted by Crippen LogP contribution is -2.54. The van der Waals surface area contributed by atoms with E-state index in [1.54, 1.807) is 0 Å². The Morgan fingerprint density at radius 1 is 0.897 bits per heavy atom. The maximum atomic E-state index is 2.58. The van der Waals surface area contributed by atoms with Crippen molar-refractivity contribution in [1.29, 1.82) is 0 Å². The second kappa shape index (κ2) is 4.55. The molecule has 0 aliphatic carbocycles. The molecule has 0 amide bonds. The van der Waals surface area contributed by atoms with E-state index < -0.39 is 0 Å². The van der Waals surface area contributed by atoms with E-state index in [1.807, 2.05) is 0 Å². The van der Waals surface area contributed by atoms with E-state index in [4.69, 9.17) is 0 Å². The molecular formula is C25H17BN3+. The third-order valence-electron chi connectivity index (χ3n) is 7.02. The van der Waals surface area contributed by atoms with Crippen molar-refractivity contribution in [2.75, 3.05) is 4.81 Å². The van der Waals surface area contributed by atoms with Crippen molar-refractivity contribution in [3.63, 3.8) is 0 Å². The van der Waals surface area contributed by atoms with E-state index in [9.17, 15) is 0 Å². The summed E-state index contributed by atoms with van der Waals surface area (Å²) in [6.45, 7) is 3.36. The second-order valence-corrected chi connectivity index (χ2v) is 8.56. The third-order valence-corrected chi connectivity index (χ3v) is 7.02. The summed E-state index contributed by atoms with van der Waals surface area (Å²) < 4.78 is 5.01. The first-order chi connectivity index (χ1) is 14.3. The number of hydrogen-bond donors (Lipinski definition) is 0. The Bertz CT molecular complexity index is 1560. The van der Waals surface area contributed by atoms with Crippen LogP contribution in [0.4, 0.5) is 11.4 Å². The first kappa shape index (κ1) is 14.5. The van der Waals surface area contributed by atoms with Crippen LogP contribution in [0.3, 0.4) is 0 Å². The Kier molecular flexibility index (Phi) is 2.27. The molecule has 5 heterocycles. The van der Waals surface area contributed by atoms with Crippen molar-refractivity contribution >= 4 is 45.6 Å². The number of hydrogen-bond acceptors (Lipinski definition) is 1. The Labute approximate surface area is 168 Å². The van der Waals surface area contributed by atoms with Gasteiger partial charge in [-0.15, -0.1) is 0 Å². The van der Waals surface area contributed by atoms with Gasteiger partial charge in [-0.1, -0.05) is 36.4 Å². The molecule has 0 unspecified atom stereocenters. The highest BCUT2D eigenvalue weighted by atomic mass is 15.2. The van der Waals surface area contributed by atoms with Crippen LogP contribution in [0.25, 0.3) is 33.1 Å². The molecule has 8 rings (SSSR count). The van der Waals surface area contributed by atoms with Gasteiger partial charge in [-0.05, 0) is 36.8 Å². The molecule has 0 saturated heterocycles. The lowest BCUT2D eigenvalue weighted by Gasteiger charge is -2.32. The molecule has 3 aliphatic rings. The zero-order chi connectivity index (χ0) is 18.9. The van der Waals surface area contributed by atoms with E-state index >= 15 is 0 Å². The number of aryl methyl sites for hydroxylation is 1. The predicted molar refractivity (Wildman–Crippen MR) is 118 cm³/mol. The van der Waals surface area contributed by atoms with Crippen molar-refractivity contribution in [1.82, 2.24) is 4.48 Å². The highest BCUT2D eigenvalue weighted by molar-refractivity contribution is 6.82. The fourth-order valence-corrected chi connectivity index (χ4v) is 6.08. The van der Waals surface area contributed by atoms with Gasteiger partial charge in [0, 0.05) is 39.1 Å². The fourth-order valence-electron chi connectivity index (χ4n) is 6.08. The third kappa shape index (κ3) is 1.48. The average Bonchev–Trinajstić information content (AvgIpc) is 3.39. The number of nitrogens with zero attached hydrogens (tertiary/aromatic N) is 3. The summed E-state index contributed by atoms with van der Waals surface area (Å²) in [5, 5.41) is 2.70. The summed E-state index contributed by atoms with van der Waals surface area (Å²) in [6, 6.07) is 24.9. The van der Waals surface area contributed by atoms with Crippen LogP contribution >= 0.6 is 0 Å². The molecule has 0 saturated carbocycles. The number of pyridine rings is 1. The van der Waals surface area contributed by atoms with Crippen molar-refractivity contribution in [3.8, 4) is 11.3 Å². The van der Waals surface area contributed by atoms with Crippen LogP contribution in [0.5, 0.6) is 0 Å². The lowest BCUT2D eigenvalue weighted by atomic mass is 9.61. The highest BCUT2D eigenvalue weighted by Crippen LogP contribution is 2.50. The number of benzene rings is 3. The van der Waals surface area contributed by atoms with Crippen LogP contribution in [-0.4, -0.2) is 11.5 Å². The van der Waals surface area contributed by atoms with Crippen molar-refractivity contribution in [2.24, 2.45) is 0 Å². The summed E-state index contributed by atoms with van der Waals surface area (Å²) >= 11 is 0. The monoisotopic (exact) mass is 370 g/mol. The molecule has 0 N–H and O–H groups in total. The Morgan fingerprint density at radius 2 is 1.79 bits per heavy atom. The van der Waals surface area contributed by atoms with Crippen LogP contribution in [0.1, 0.15) is 11.1 Å². The molecular weight excluding hydrogens is 353 g/mol. The van der Waals surface area contributed by atoms with Gasteiger partial charge in [0.25, 0.3) is 0 Å². The summed E-state index contributed by atoms with van der Waals surface area (Å²) in [5.74, 6) is 0. The molecule has 0 atom stereocenters.